The van der Waals surface area contributed by atoms with Gasteiger partial charge in [0.1, 0.15) is 17.1 Å². The van der Waals surface area contributed by atoms with Crippen molar-refractivity contribution in [3.05, 3.63) is 54.1 Å². The number of methoxy groups -OCH3 is 2. The molecule has 1 fully saturated rings. The second-order valence-corrected chi connectivity index (χ2v) is 8.16. The number of piperazine rings is 1. The molecule has 0 saturated carbocycles. The number of halogens is 1. The van der Waals surface area contributed by atoms with Crippen molar-refractivity contribution in [1.82, 2.24) is 19.4 Å². The van der Waals surface area contributed by atoms with Gasteiger partial charge in [0.15, 0.2) is 0 Å². The van der Waals surface area contributed by atoms with Gasteiger partial charge in [-0.3, -0.25) is 0 Å². The molecule has 0 bridgehead atoms. The number of rotatable bonds is 5. The number of aromatic nitrogens is 4. The Bertz CT molecular complexity index is 1280. The fourth-order valence-corrected chi connectivity index (χ4v) is 4.26. The molecule has 0 amide bonds. The number of hydrogen-bond donors (Lipinski definition) is 1. The van der Waals surface area contributed by atoms with Crippen LogP contribution in [0.3, 0.4) is 0 Å². The number of ether oxygens (including phenoxy) is 2. The van der Waals surface area contributed by atoms with Crippen LogP contribution in [0, 0.1) is 0 Å². The molecule has 4 aromatic rings. The minimum Gasteiger partial charge on any atom is -0.496 e. The first kappa shape index (κ1) is 21.1. The number of nitrogens with zero attached hydrogens (tertiary/aromatic N) is 6. The van der Waals surface area contributed by atoms with Gasteiger partial charge in [0.05, 0.1) is 43.0 Å². The van der Waals surface area contributed by atoms with Crippen molar-refractivity contribution in [2.24, 2.45) is 0 Å². The van der Waals surface area contributed by atoms with Gasteiger partial charge in [-0.15, -0.1) is 0 Å². The molecule has 4 heterocycles. The summed E-state index contributed by atoms with van der Waals surface area (Å²) in [7, 11) is 3.20. The minimum absolute atomic E-state index is 0.508. The number of imidazole rings is 1. The van der Waals surface area contributed by atoms with Crippen LogP contribution in [-0.4, -0.2) is 59.8 Å². The zero-order chi connectivity index (χ0) is 22.9. The zero-order valence-corrected chi connectivity index (χ0v) is 19.2. The SMILES string of the molecule is COc1cc(OC)c(-c2cn3ccc(N4CCN(c5ncc(N)cn5)CC4)cc3n2)cc1Cl. The Balaban J connectivity index is 1.37. The third-order valence-corrected chi connectivity index (χ3v) is 6.07. The van der Waals surface area contributed by atoms with Gasteiger partial charge in [0.2, 0.25) is 5.95 Å². The number of fused-ring (bicyclic) bond motifs is 1. The van der Waals surface area contributed by atoms with Crippen LogP contribution in [0.5, 0.6) is 11.5 Å². The van der Waals surface area contributed by atoms with Gasteiger partial charge in [-0.1, -0.05) is 11.6 Å². The molecule has 3 aromatic heterocycles. The summed E-state index contributed by atoms with van der Waals surface area (Å²) in [5, 5.41) is 0.508. The van der Waals surface area contributed by atoms with E-state index in [2.05, 4.69) is 31.9 Å². The van der Waals surface area contributed by atoms with Crippen molar-refractivity contribution in [2.75, 3.05) is 55.9 Å². The molecule has 0 aliphatic carbocycles. The molecule has 0 atom stereocenters. The van der Waals surface area contributed by atoms with Gasteiger partial charge in [-0.05, 0) is 12.1 Å². The molecule has 5 rings (SSSR count). The predicted octanol–water partition coefficient (Wildman–Crippen LogP) is 3.37. The summed E-state index contributed by atoms with van der Waals surface area (Å²) >= 11 is 6.36. The third kappa shape index (κ3) is 4.07. The van der Waals surface area contributed by atoms with Gasteiger partial charge >= 0.3 is 0 Å². The first-order valence-electron chi connectivity index (χ1n) is 10.5. The Hall–Kier alpha value is -3.72. The highest BCUT2D eigenvalue weighted by Gasteiger charge is 2.20. The maximum atomic E-state index is 6.36. The Kier molecular flexibility index (Phi) is 5.55. The van der Waals surface area contributed by atoms with Crippen LogP contribution in [-0.2, 0) is 0 Å². The van der Waals surface area contributed by atoms with Crippen LogP contribution in [0.2, 0.25) is 5.02 Å². The van der Waals surface area contributed by atoms with Crippen molar-refractivity contribution in [3.63, 3.8) is 0 Å². The third-order valence-electron chi connectivity index (χ3n) is 5.78. The summed E-state index contributed by atoms with van der Waals surface area (Å²) in [6, 6.07) is 7.79. The van der Waals surface area contributed by atoms with Crippen molar-refractivity contribution in [2.45, 2.75) is 0 Å². The summed E-state index contributed by atoms with van der Waals surface area (Å²) in [6.07, 6.45) is 7.28. The number of nitrogen functional groups attached to an aromatic ring is 1. The monoisotopic (exact) mass is 465 g/mol. The lowest BCUT2D eigenvalue weighted by Gasteiger charge is -2.36. The van der Waals surface area contributed by atoms with Crippen LogP contribution in [0.15, 0.2) is 49.1 Å². The lowest BCUT2D eigenvalue weighted by atomic mass is 10.1. The molecule has 10 heteroatoms. The largest absolute Gasteiger partial charge is 0.496 e. The smallest absolute Gasteiger partial charge is 0.225 e. The Labute approximate surface area is 196 Å². The van der Waals surface area contributed by atoms with E-state index in [0.717, 1.165) is 48.8 Å². The van der Waals surface area contributed by atoms with Crippen molar-refractivity contribution < 1.29 is 9.47 Å². The molecular weight excluding hydrogens is 442 g/mol. The van der Waals surface area contributed by atoms with E-state index in [-0.39, 0.29) is 0 Å². The first-order chi connectivity index (χ1) is 16.1. The zero-order valence-electron chi connectivity index (χ0n) is 18.4. The van der Waals surface area contributed by atoms with E-state index in [0.29, 0.717) is 28.2 Å². The average Bonchev–Trinajstić information content (AvgIpc) is 3.28. The maximum absolute atomic E-state index is 6.36. The average molecular weight is 466 g/mol. The fourth-order valence-electron chi connectivity index (χ4n) is 4.02. The van der Waals surface area contributed by atoms with Gasteiger partial charge in [0.25, 0.3) is 0 Å². The summed E-state index contributed by atoms with van der Waals surface area (Å²) in [6.45, 7) is 3.38. The molecule has 2 N–H and O–H groups in total. The van der Waals surface area contributed by atoms with E-state index >= 15 is 0 Å². The second kappa shape index (κ2) is 8.67. The molecule has 1 aliphatic rings. The molecular formula is C23H24ClN7O2. The highest BCUT2D eigenvalue weighted by Crippen LogP contribution is 2.38. The number of pyridine rings is 1. The maximum Gasteiger partial charge on any atom is 0.225 e. The molecule has 1 saturated heterocycles. The van der Waals surface area contributed by atoms with E-state index in [1.54, 1.807) is 32.7 Å². The Morgan fingerprint density at radius 1 is 0.939 bits per heavy atom. The number of anilines is 3. The van der Waals surface area contributed by atoms with Gasteiger partial charge in [-0.25, -0.2) is 15.0 Å². The van der Waals surface area contributed by atoms with Crippen LogP contribution in [0.25, 0.3) is 16.9 Å². The second-order valence-electron chi connectivity index (χ2n) is 7.75. The minimum atomic E-state index is 0.508. The van der Waals surface area contributed by atoms with Crippen molar-refractivity contribution >= 4 is 34.6 Å². The molecule has 0 spiro atoms. The molecule has 1 aromatic carbocycles. The molecule has 9 nitrogen and oxygen atoms in total. The number of nitrogens with two attached hydrogens (primary N) is 1. The molecule has 0 radical (unpaired) electrons. The highest BCUT2D eigenvalue weighted by molar-refractivity contribution is 6.32. The Morgan fingerprint density at radius 2 is 1.64 bits per heavy atom. The van der Waals surface area contributed by atoms with Crippen LogP contribution >= 0.6 is 11.6 Å². The van der Waals surface area contributed by atoms with E-state index < -0.39 is 0 Å². The molecule has 170 valence electrons. The topological polar surface area (TPSA) is 94.0 Å². The van der Waals surface area contributed by atoms with Crippen LogP contribution < -0.4 is 25.0 Å². The normalized spacial score (nSPS) is 14.0. The quantitative estimate of drug-likeness (QED) is 0.479. The summed E-state index contributed by atoms with van der Waals surface area (Å²) in [5.41, 5.74) is 9.82. The van der Waals surface area contributed by atoms with Crippen molar-refractivity contribution in [3.8, 4) is 22.8 Å². The predicted molar refractivity (Wildman–Crippen MR) is 130 cm³/mol. The van der Waals surface area contributed by atoms with Crippen molar-refractivity contribution in [1.29, 1.82) is 0 Å². The number of hydrogen-bond acceptors (Lipinski definition) is 8. The van der Waals surface area contributed by atoms with Gasteiger partial charge in [0, 0.05) is 62.0 Å². The standard InChI is InChI=1S/C23H24ClN7O2/c1-32-20-11-21(33-2)18(24)10-17(20)19-14-31-4-3-16(9-22(31)28-19)29-5-7-30(8-6-29)23-26-12-15(25)13-27-23/h3-4,9-14H,5-8,25H2,1-2H3. The number of benzene rings is 1. The van der Waals surface area contributed by atoms with E-state index in [1.807, 2.05) is 22.9 Å². The summed E-state index contributed by atoms with van der Waals surface area (Å²) in [4.78, 5) is 18.0. The molecule has 0 unspecified atom stereocenters. The summed E-state index contributed by atoms with van der Waals surface area (Å²) < 4.78 is 12.8. The lowest BCUT2D eigenvalue weighted by molar-refractivity contribution is 0.395. The lowest BCUT2D eigenvalue weighted by Crippen LogP contribution is -2.47. The van der Waals surface area contributed by atoms with Crippen LogP contribution in [0.4, 0.5) is 17.3 Å². The first-order valence-corrected chi connectivity index (χ1v) is 10.9. The van der Waals surface area contributed by atoms with E-state index in [1.165, 1.54) is 0 Å². The van der Waals surface area contributed by atoms with Crippen LogP contribution in [0.1, 0.15) is 0 Å². The fraction of sp³-hybridized carbons (Fsp3) is 0.261. The van der Waals surface area contributed by atoms with Gasteiger partial charge in [-0.2, -0.15) is 0 Å². The van der Waals surface area contributed by atoms with E-state index in [4.69, 9.17) is 31.8 Å². The molecule has 1 aliphatic heterocycles. The van der Waals surface area contributed by atoms with E-state index in [9.17, 15) is 0 Å². The highest BCUT2D eigenvalue weighted by atomic mass is 35.5. The van der Waals surface area contributed by atoms with Gasteiger partial charge < -0.3 is 29.4 Å². The Morgan fingerprint density at radius 3 is 2.33 bits per heavy atom. The molecule has 33 heavy (non-hydrogen) atoms. The summed E-state index contributed by atoms with van der Waals surface area (Å²) in [5.74, 6) is 1.93.